The molecular weight excluding hydrogens is 186 g/mol. The SMILES string of the molecule is CC(C)S(=O)(=O)Cc1cccnc1. The summed E-state index contributed by atoms with van der Waals surface area (Å²) in [5.41, 5.74) is 0.746. The maximum Gasteiger partial charge on any atom is 0.156 e. The van der Waals surface area contributed by atoms with Crippen molar-refractivity contribution in [2.75, 3.05) is 0 Å². The van der Waals surface area contributed by atoms with Crippen LogP contribution in [0.1, 0.15) is 19.4 Å². The molecule has 1 aromatic rings. The molecule has 1 rings (SSSR count). The van der Waals surface area contributed by atoms with Crippen LogP contribution in [0.25, 0.3) is 0 Å². The molecule has 1 aromatic heterocycles. The smallest absolute Gasteiger partial charge is 0.156 e. The van der Waals surface area contributed by atoms with Crippen molar-refractivity contribution in [2.45, 2.75) is 24.9 Å². The number of pyridine rings is 1. The maximum absolute atomic E-state index is 11.5. The first-order chi connectivity index (χ1) is 6.02. The molecule has 4 heteroatoms. The van der Waals surface area contributed by atoms with Gasteiger partial charge in [0.25, 0.3) is 0 Å². The highest BCUT2D eigenvalue weighted by molar-refractivity contribution is 7.91. The third kappa shape index (κ3) is 2.81. The van der Waals surface area contributed by atoms with Gasteiger partial charge in [-0.15, -0.1) is 0 Å². The third-order valence-corrected chi connectivity index (χ3v) is 3.98. The van der Waals surface area contributed by atoms with Crippen molar-refractivity contribution in [3.05, 3.63) is 30.1 Å². The average molecular weight is 199 g/mol. The zero-order valence-electron chi connectivity index (χ0n) is 7.77. The van der Waals surface area contributed by atoms with Gasteiger partial charge in [0.15, 0.2) is 9.84 Å². The van der Waals surface area contributed by atoms with Crippen LogP contribution in [0.4, 0.5) is 0 Å². The highest BCUT2D eigenvalue weighted by Gasteiger charge is 2.16. The normalized spacial score (nSPS) is 11.9. The van der Waals surface area contributed by atoms with E-state index in [1.54, 1.807) is 38.4 Å². The van der Waals surface area contributed by atoms with E-state index in [1.165, 1.54) is 0 Å². The molecule has 3 nitrogen and oxygen atoms in total. The zero-order valence-corrected chi connectivity index (χ0v) is 8.58. The summed E-state index contributed by atoms with van der Waals surface area (Å²) in [7, 11) is -2.99. The standard InChI is InChI=1S/C9H13NO2S/c1-8(2)13(11,12)7-9-4-3-5-10-6-9/h3-6,8H,7H2,1-2H3. The van der Waals surface area contributed by atoms with Crippen molar-refractivity contribution in [1.82, 2.24) is 4.98 Å². The van der Waals surface area contributed by atoms with Crippen LogP contribution in [0.15, 0.2) is 24.5 Å². The molecular formula is C9H13NO2S. The molecule has 0 radical (unpaired) electrons. The fourth-order valence-electron chi connectivity index (χ4n) is 0.882. The number of nitrogens with zero attached hydrogens (tertiary/aromatic N) is 1. The number of hydrogen-bond acceptors (Lipinski definition) is 3. The Morgan fingerprint density at radius 1 is 1.46 bits per heavy atom. The van der Waals surface area contributed by atoms with Crippen molar-refractivity contribution >= 4 is 9.84 Å². The van der Waals surface area contributed by atoms with Gasteiger partial charge in [0, 0.05) is 12.4 Å². The van der Waals surface area contributed by atoms with E-state index >= 15 is 0 Å². The zero-order chi connectivity index (χ0) is 9.90. The topological polar surface area (TPSA) is 47.0 Å². The van der Waals surface area contributed by atoms with Gasteiger partial charge in [-0.25, -0.2) is 8.42 Å². The largest absolute Gasteiger partial charge is 0.264 e. The average Bonchev–Trinajstić information content (AvgIpc) is 2.05. The van der Waals surface area contributed by atoms with Gasteiger partial charge in [0.05, 0.1) is 11.0 Å². The second-order valence-electron chi connectivity index (χ2n) is 3.22. The first-order valence-electron chi connectivity index (χ1n) is 4.13. The summed E-state index contributed by atoms with van der Waals surface area (Å²) in [6.07, 6.45) is 3.21. The van der Waals surface area contributed by atoms with Crippen LogP contribution in [0.5, 0.6) is 0 Å². The Bertz CT molecular complexity index is 356. The maximum atomic E-state index is 11.5. The van der Waals surface area contributed by atoms with Gasteiger partial charge in [-0.2, -0.15) is 0 Å². The van der Waals surface area contributed by atoms with Crippen LogP contribution >= 0.6 is 0 Å². The van der Waals surface area contributed by atoms with Gasteiger partial charge in [-0.3, -0.25) is 4.98 Å². The Labute approximate surface area is 78.7 Å². The van der Waals surface area contributed by atoms with E-state index in [-0.39, 0.29) is 11.0 Å². The Morgan fingerprint density at radius 3 is 2.62 bits per heavy atom. The molecule has 72 valence electrons. The minimum Gasteiger partial charge on any atom is -0.264 e. The predicted octanol–water partition coefficient (Wildman–Crippen LogP) is 1.40. The van der Waals surface area contributed by atoms with Gasteiger partial charge in [-0.05, 0) is 25.5 Å². The van der Waals surface area contributed by atoms with Gasteiger partial charge in [-0.1, -0.05) is 6.07 Å². The highest BCUT2D eigenvalue weighted by Crippen LogP contribution is 2.09. The van der Waals surface area contributed by atoms with Crippen LogP contribution in [-0.4, -0.2) is 18.7 Å². The lowest BCUT2D eigenvalue weighted by atomic mass is 10.3. The van der Waals surface area contributed by atoms with Gasteiger partial charge >= 0.3 is 0 Å². The number of aromatic nitrogens is 1. The lowest BCUT2D eigenvalue weighted by Gasteiger charge is -2.06. The van der Waals surface area contributed by atoms with Crippen LogP contribution in [0, 0.1) is 0 Å². The lowest BCUT2D eigenvalue weighted by Crippen LogP contribution is -2.15. The van der Waals surface area contributed by atoms with Crippen LogP contribution < -0.4 is 0 Å². The van der Waals surface area contributed by atoms with Crippen molar-refractivity contribution in [2.24, 2.45) is 0 Å². The first-order valence-corrected chi connectivity index (χ1v) is 5.84. The van der Waals surface area contributed by atoms with Crippen molar-refractivity contribution in [3.8, 4) is 0 Å². The van der Waals surface area contributed by atoms with Gasteiger partial charge in [0.2, 0.25) is 0 Å². The van der Waals surface area contributed by atoms with Crippen molar-refractivity contribution < 1.29 is 8.42 Å². The molecule has 0 N–H and O–H groups in total. The molecule has 0 unspecified atom stereocenters. The molecule has 0 saturated heterocycles. The Morgan fingerprint density at radius 2 is 2.15 bits per heavy atom. The van der Waals surface area contributed by atoms with E-state index in [1.807, 2.05) is 0 Å². The summed E-state index contributed by atoms with van der Waals surface area (Å²) in [5.74, 6) is 0.0819. The molecule has 13 heavy (non-hydrogen) atoms. The van der Waals surface area contributed by atoms with E-state index in [4.69, 9.17) is 0 Å². The molecule has 0 saturated carbocycles. The lowest BCUT2D eigenvalue weighted by molar-refractivity contribution is 0.586. The highest BCUT2D eigenvalue weighted by atomic mass is 32.2. The molecule has 0 aromatic carbocycles. The molecule has 1 heterocycles. The van der Waals surface area contributed by atoms with Crippen LogP contribution in [0.2, 0.25) is 0 Å². The number of hydrogen-bond donors (Lipinski definition) is 0. The summed E-state index contributed by atoms with van der Waals surface area (Å²) in [5, 5.41) is -0.326. The summed E-state index contributed by atoms with van der Waals surface area (Å²) in [4.78, 5) is 3.86. The minimum absolute atomic E-state index is 0.0819. The van der Waals surface area contributed by atoms with E-state index in [0.29, 0.717) is 0 Å². The van der Waals surface area contributed by atoms with Crippen molar-refractivity contribution in [3.63, 3.8) is 0 Å². The van der Waals surface area contributed by atoms with Gasteiger partial charge < -0.3 is 0 Å². The first kappa shape index (κ1) is 10.2. The number of sulfone groups is 1. The Balaban J connectivity index is 2.82. The van der Waals surface area contributed by atoms with E-state index < -0.39 is 9.84 Å². The molecule has 0 fully saturated rings. The van der Waals surface area contributed by atoms with Crippen LogP contribution in [-0.2, 0) is 15.6 Å². The molecule has 0 spiro atoms. The van der Waals surface area contributed by atoms with E-state index in [2.05, 4.69) is 4.98 Å². The summed E-state index contributed by atoms with van der Waals surface area (Å²) in [6, 6.07) is 3.51. The molecule has 0 aliphatic rings. The summed E-state index contributed by atoms with van der Waals surface area (Å²) < 4.78 is 22.9. The fourth-order valence-corrected chi connectivity index (χ4v) is 1.85. The minimum atomic E-state index is -2.99. The number of rotatable bonds is 3. The van der Waals surface area contributed by atoms with E-state index in [0.717, 1.165) is 5.56 Å². The van der Waals surface area contributed by atoms with Gasteiger partial charge in [0.1, 0.15) is 0 Å². The summed E-state index contributed by atoms with van der Waals surface area (Å²) >= 11 is 0. The summed E-state index contributed by atoms with van der Waals surface area (Å²) in [6.45, 7) is 3.37. The predicted molar refractivity (Wildman–Crippen MR) is 52.0 cm³/mol. The Kier molecular flexibility index (Phi) is 3.03. The monoisotopic (exact) mass is 199 g/mol. The second-order valence-corrected chi connectivity index (χ2v) is 5.77. The fraction of sp³-hybridized carbons (Fsp3) is 0.444. The molecule has 0 aliphatic carbocycles. The van der Waals surface area contributed by atoms with E-state index in [9.17, 15) is 8.42 Å². The molecule has 0 amide bonds. The molecule has 0 bridgehead atoms. The quantitative estimate of drug-likeness (QED) is 0.739. The van der Waals surface area contributed by atoms with Crippen molar-refractivity contribution in [1.29, 1.82) is 0 Å². The third-order valence-electron chi connectivity index (χ3n) is 1.81. The Hall–Kier alpha value is -0.900. The molecule has 0 atom stereocenters. The molecule has 0 aliphatic heterocycles. The second kappa shape index (κ2) is 3.87. The van der Waals surface area contributed by atoms with Crippen LogP contribution in [0.3, 0.4) is 0 Å².